The molecule has 3 amide bonds. The van der Waals surface area contributed by atoms with Gasteiger partial charge in [-0.25, -0.2) is 4.39 Å². The number of amides is 3. The lowest BCUT2D eigenvalue weighted by Crippen LogP contribution is -2.46. The Morgan fingerprint density at radius 1 is 1.08 bits per heavy atom. The van der Waals surface area contributed by atoms with Gasteiger partial charge in [-0.15, -0.1) is 0 Å². The molecule has 2 N–H and O–H groups in total. The van der Waals surface area contributed by atoms with Gasteiger partial charge in [0.15, 0.2) is 11.9 Å². The lowest BCUT2D eigenvalue weighted by Gasteiger charge is -2.31. The van der Waals surface area contributed by atoms with Crippen LogP contribution in [0.15, 0.2) is 51.4 Å². The van der Waals surface area contributed by atoms with E-state index in [4.69, 9.17) is 8.94 Å². The topological polar surface area (TPSA) is 118 Å². The van der Waals surface area contributed by atoms with E-state index < -0.39 is 29.6 Å². The Hall–Kier alpha value is -3.95. The minimum atomic E-state index is -1.17. The molecule has 0 bridgehead atoms. The van der Waals surface area contributed by atoms with E-state index in [1.165, 1.54) is 23.1 Å². The molecule has 2 aromatic heterocycles. The Bertz CT molecular complexity index is 1230. The number of anilines is 2. The zero-order valence-corrected chi connectivity index (χ0v) is 20.3. The number of aromatic nitrogens is 1. The summed E-state index contributed by atoms with van der Waals surface area (Å²) in [5, 5.41) is 9.30. The van der Waals surface area contributed by atoms with Gasteiger partial charge in [0.1, 0.15) is 23.1 Å². The van der Waals surface area contributed by atoms with Gasteiger partial charge in [-0.1, -0.05) is 24.1 Å². The van der Waals surface area contributed by atoms with Gasteiger partial charge in [0, 0.05) is 30.6 Å². The largest absolute Gasteiger partial charge is 0.464 e. The number of rotatable bonds is 9. The third-order valence-electron chi connectivity index (χ3n) is 6.06. The minimum Gasteiger partial charge on any atom is -0.464 e. The van der Waals surface area contributed by atoms with Crippen LogP contribution in [0.1, 0.15) is 61.8 Å². The first-order valence-electron chi connectivity index (χ1n) is 12.0. The molecule has 1 aliphatic carbocycles. The Kier molecular flexibility index (Phi) is 7.82. The molecule has 36 heavy (non-hydrogen) atoms. The Morgan fingerprint density at radius 3 is 2.50 bits per heavy atom. The molecule has 9 nitrogen and oxygen atoms in total. The number of hydrogen-bond donors (Lipinski definition) is 2. The molecule has 0 radical (unpaired) electrons. The van der Waals surface area contributed by atoms with E-state index in [0.29, 0.717) is 11.5 Å². The van der Waals surface area contributed by atoms with Crippen molar-refractivity contribution in [2.24, 2.45) is 0 Å². The summed E-state index contributed by atoms with van der Waals surface area (Å²) >= 11 is 0. The lowest BCUT2D eigenvalue weighted by atomic mass is 10.1. The molecule has 1 fully saturated rings. The van der Waals surface area contributed by atoms with Gasteiger partial charge in [0.25, 0.3) is 5.91 Å². The number of hydrogen-bond acceptors (Lipinski definition) is 6. The van der Waals surface area contributed by atoms with Crippen LogP contribution in [-0.2, 0) is 14.4 Å². The van der Waals surface area contributed by atoms with Crippen LogP contribution in [0.25, 0.3) is 0 Å². The molecule has 4 rings (SSSR count). The molecule has 0 unspecified atom stereocenters. The molecule has 10 heteroatoms. The second kappa shape index (κ2) is 11.2. The van der Waals surface area contributed by atoms with Crippen LogP contribution >= 0.6 is 0 Å². The van der Waals surface area contributed by atoms with Gasteiger partial charge in [-0.2, -0.15) is 0 Å². The van der Waals surface area contributed by atoms with Gasteiger partial charge in [0.2, 0.25) is 11.8 Å². The predicted molar refractivity (Wildman–Crippen MR) is 130 cm³/mol. The fourth-order valence-electron chi connectivity index (χ4n) is 4.36. The highest BCUT2D eigenvalue weighted by molar-refractivity contribution is 6.03. The third kappa shape index (κ3) is 6.18. The molecule has 1 aliphatic rings. The maximum absolute atomic E-state index is 14.2. The zero-order chi connectivity index (χ0) is 25.7. The molecule has 1 aromatic carbocycles. The van der Waals surface area contributed by atoms with Crippen LogP contribution in [0.5, 0.6) is 0 Å². The number of nitrogens with zero attached hydrogens (tertiary/aromatic N) is 2. The first kappa shape index (κ1) is 25.2. The number of furan rings is 1. The molecule has 2 heterocycles. The second-order valence-corrected chi connectivity index (χ2v) is 8.96. The van der Waals surface area contributed by atoms with E-state index in [1.54, 1.807) is 38.1 Å². The van der Waals surface area contributed by atoms with E-state index in [-0.39, 0.29) is 36.1 Å². The van der Waals surface area contributed by atoms with Crippen molar-refractivity contribution in [2.45, 2.75) is 64.5 Å². The van der Waals surface area contributed by atoms with Crippen LogP contribution in [-0.4, -0.2) is 28.9 Å². The predicted octanol–water partition coefficient (Wildman–Crippen LogP) is 4.58. The van der Waals surface area contributed by atoms with Crippen LogP contribution < -0.4 is 15.5 Å². The Labute approximate surface area is 208 Å². The average Bonchev–Trinajstić information content (AvgIpc) is 3.59. The van der Waals surface area contributed by atoms with Crippen LogP contribution in [0, 0.1) is 19.7 Å². The van der Waals surface area contributed by atoms with E-state index in [2.05, 4.69) is 15.8 Å². The summed E-state index contributed by atoms with van der Waals surface area (Å²) in [6, 6.07) is 9.16. The minimum absolute atomic E-state index is 0.00258. The molecular formula is C26H29FN4O5. The summed E-state index contributed by atoms with van der Waals surface area (Å²) in [5.74, 6) is -0.369. The van der Waals surface area contributed by atoms with E-state index in [1.807, 2.05) is 0 Å². The normalized spacial score (nSPS) is 14.4. The highest BCUT2D eigenvalue weighted by Gasteiger charge is 2.36. The van der Waals surface area contributed by atoms with E-state index >= 15 is 0 Å². The van der Waals surface area contributed by atoms with Gasteiger partial charge < -0.3 is 19.6 Å². The Balaban J connectivity index is 1.60. The molecular weight excluding hydrogens is 467 g/mol. The first-order chi connectivity index (χ1) is 17.3. The van der Waals surface area contributed by atoms with Crippen LogP contribution in [0.4, 0.5) is 15.9 Å². The summed E-state index contributed by atoms with van der Waals surface area (Å²) in [6.45, 7) is 3.43. The summed E-state index contributed by atoms with van der Waals surface area (Å²) in [7, 11) is 0. The quantitative estimate of drug-likeness (QED) is 0.448. The van der Waals surface area contributed by atoms with Gasteiger partial charge >= 0.3 is 0 Å². The average molecular weight is 497 g/mol. The van der Waals surface area contributed by atoms with Crippen molar-refractivity contribution in [3.8, 4) is 0 Å². The molecule has 3 aromatic rings. The number of benzene rings is 1. The maximum Gasteiger partial charge on any atom is 0.251 e. The molecule has 0 aliphatic heterocycles. The standard InChI is InChI=1S/C26H29FN4O5/c1-16-10-11-21(35-16)25(26(34)28-19-7-3-4-8-19)31(20-9-5-6-18(27)15-20)24(33)13-12-23(32)29-22-14-17(2)36-30-22/h5-6,9-11,14-15,19,25H,3-4,7-8,12-13H2,1-2H3,(H,28,34)(H,29,30,32)/t25-/m0/s1. The van der Waals surface area contributed by atoms with Crippen molar-refractivity contribution in [3.63, 3.8) is 0 Å². The smallest absolute Gasteiger partial charge is 0.251 e. The second-order valence-electron chi connectivity index (χ2n) is 8.96. The monoisotopic (exact) mass is 496 g/mol. The third-order valence-corrected chi connectivity index (χ3v) is 6.06. The van der Waals surface area contributed by atoms with Crippen molar-refractivity contribution in [1.82, 2.24) is 10.5 Å². The van der Waals surface area contributed by atoms with Gasteiger partial charge in [-0.05, 0) is 57.0 Å². The first-order valence-corrected chi connectivity index (χ1v) is 12.0. The molecule has 1 saturated carbocycles. The van der Waals surface area contributed by atoms with Crippen molar-refractivity contribution in [3.05, 3.63) is 65.6 Å². The number of carbonyl (C=O) groups is 3. The van der Waals surface area contributed by atoms with E-state index in [0.717, 1.165) is 25.7 Å². The summed E-state index contributed by atoms with van der Waals surface area (Å²) < 4.78 is 24.9. The zero-order valence-electron chi connectivity index (χ0n) is 20.3. The highest BCUT2D eigenvalue weighted by atomic mass is 19.1. The summed E-state index contributed by atoms with van der Waals surface area (Å²) in [5.41, 5.74) is 0.188. The van der Waals surface area contributed by atoms with Crippen molar-refractivity contribution >= 4 is 29.2 Å². The van der Waals surface area contributed by atoms with Crippen molar-refractivity contribution in [1.29, 1.82) is 0 Å². The number of carbonyl (C=O) groups excluding carboxylic acids is 3. The maximum atomic E-state index is 14.2. The number of halogens is 1. The van der Waals surface area contributed by atoms with E-state index in [9.17, 15) is 18.8 Å². The molecule has 1 atom stereocenters. The highest BCUT2D eigenvalue weighted by Crippen LogP contribution is 2.31. The van der Waals surface area contributed by atoms with Gasteiger partial charge in [0.05, 0.1) is 0 Å². The van der Waals surface area contributed by atoms with Crippen molar-refractivity contribution < 1.29 is 27.7 Å². The number of nitrogens with one attached hydrogen (secondary N) is 2. The lowest BCUT2D eigenvalue weighted by molar-refractivity contribution is -0.128. The summed E-state index contributed by atoms with van der Waals surface area (Å²) in [4.78, 5) is 40.7. The fourth-order valence-corrected chi connectivity index (χ4v) is 4.36. The molecule has 190 valence electrons. The molecule has 0 saturated heterocycles. The van der Waals surface area contributed by atoms with Crippen LogP contribution in [0.2, 0.25) is 0 Å². The molecule has 0 spiro atoms. The van der Waals surface area contributed by atoms with Crippen molar-refractivity contribution in [2.75, 3.05) is 10.2 Å². The Morgan fingerprint density at radius 2 is 1.86 bits per heavy atom. The SMILES string of the molecule is Cc1cc(NC(=O)CCC(=O)N(c2cccc(F)c2)[C@H](C(=O)NC2CCCC2)c2ccc(C)o2)no1. The number of aryl methyl sites for hydroxylation is 2. The fraction of sp³-hybridized carbons (Fsp3) is 0.385. The summed E-state index contributed by atoms with van der Waals surface area (Å²) in [6.07, 6.45) is 3.33. The van der Waals surface area contributed by atoms with Gasteiger partial charge in [-0.3, -0.25) is 19.3 Å². The van der Waals surface area contributed by atoms with Crippen LogP contribution in [0.3, 0.4) is 0 Å².